The van der Waals surface area contributed by atoms with Gasteiger partial charge in [-0.15, -0.1) is 0 Å². The molecule has 0 saturated heterocycles. The van der Waals surface area contributed by atoms with Crippen LogP contribution in [0.25, 0.3) is 0 Å². The van der Waals surface area contributed by atoms with Gasteiger partial charge in [0.25, 0.3) is 0 Å². The Bertz CT molecular complexity index is 518. The van der Waals surface area contributed by atoms with Gasteiger partial charge in [-0.25, -0.2) is 0 Å². The van der Waals surface area contributed by atoms with Crippen LogP contribution < -0.4 is 0 Å². The van der Waals surface area contributed by atoms with E-state index < -0.39 is 0 Å². The number of esters is 1. The lowest BCUT2D eigenvalue weighted by molar-refractivity contribution is -0.148. The molecule has 0 spiro atoms. The number of furan rings is 1. The minimum atomic E-state index is -0.173. The molecule has 0 bridgehead atoms. The maximum atomic E-state index is 11.2. The monoisotopic (exact) mass is 276 g/mol. The SMILES string of the molecule is CC(=O)OC[C@@]1(C)CCC[C@@]2(C)c3occc3CC[C@H]12. The first-order valence-corrected chi connectivity index (χ1v) is 7.66. The molecule has 110 valence electrons. The predicted molar refractivity (Wildman–Crippen MR) is 76.5 cm³/mol. The molecule has 2 aliphatic rings. The van der Waals surface area contributed by atoms with Crippen LogP contribution in [-0.4, -0.2) is 12.6 Å². The first kappa shape index (κ1) is 13.7. The van der Waals surface area contributed by atoms with E-state index in [1.807, 2.05) is 6.26 Å². The fourth-order valence-corrected chi connectivity index (χ4v) is 4.69. The Labute approximate surface area is 120 Å². The van der Waals surface area contributed by atoms with E-state index >= 15 is 0 Å². The maximum absolute atomic E-state index is 11.2. The van der Waals surface area contributed by atoms with Crippen LogP contribution >= 0.6 is 0 Å². The van der Waals surface area contributed by atoms with Crippen LogP contribution in [0.4, 0.5) is 0 Å². The van der Waals surface area contributed by atoms with Crippen molar-refractivity contribution in [2.45, 2.75) is 58.3 Å². The molecule has 2 aliphatic carbocycles. The van der Waals surface area contributed by atoms with E-state index in [9.17, 15) is 4.79 Å². The van der Waals surface area contributed by atoms with Gasteiger partial charge in [0.05, 0.1) is 12.9 Å². The molecule has 0 amide bonds. The number of carbonyl (C=O) groups is 1. The normalized spacial score (nSPS) is 36.0. The summed E-state index contributed by atoms with van der Waals surface area (Å²) < 4.78 is 11.2. The fourth-order valence-electron chi connectivity index (χ4n) is 4.69. The highest BCUT2D eigenvalue weighted by Crippen LogP contribution is 2.57. The lowest BCUT2D eigenvalue weighted by Gasteiger charge is -2.53. The molecule has 1 heterocycles. The van der Waals surface area contributed by atoms with Gasteiger partial charge in [-0.3, -0.25) is 4.79 Å². The number of hydrogen-bond donors (Lipinski definition) is 0. The van der Waals surface area contributed by atoms with Gasteiger partial charge in [0, 0.05) is 17.8 Å². The van der Waals surface area contributed by atoms with Crippen molar-refractivity contribution in [3.05, 3.63) is 23.7 Å². The minimum Gasteiger partial charge on any atom is -0.468 e. The second-order valence-electron chi connectivity index (χ2n) is 7.07. The van der Waals surface area contributed by atoms with Crippen LogP contribution in [0.2, 0.25) is 0 Å². The number of carbonyl (C=O) groups excluding carboxylic acids is 1. The highest BCUT2D eigenvalue weighted by atomic mass is 16.5. The summed E-state index contributed by atoms with van der Waals surface area (Å²) in [5.41, 5.74) is 1.55. The summed E-state index contributed by atoms with van der Waals surface area (Å²) in [5, 5.41) is 0. The molecule has 20 heavy (non-hydrogen) atoms. The van der Waals surface area contributed by atoms with Crippen LogP contribution in [0.5, 0.6) is 0 Å². The predicted octanol–water partition coefficient (Wildman–Crippen LogP) is 3.85. The zero-order valence-corrected chi connectivity index (χ0v) is 12.7. The topological polar surface area (TPSA) is 39.4 Å². The number of fused-ring (bicyclic) bond motifs is 3. The third-order valence-electron chi connectivity index (χ3n) is 5.63. The Morgan fingerprint density at radius 2 is 2.25 bits per heavy atom. The third kappa shape index (κ3) is 1.99. The zero-order chi connectivity index (χ0) is 14.4. The average Bonchev–Trinajstić information content (AvgIpc) is 2.86. The summed E-state index contributed by atoms with van der Waals surface area (Å²) in [6.45, 7) is 6.66. The summed E-state index contributed by atoms with van der Waals surface area (Å²) in [7, 11) is 0. The molecule has 3 atom stereocenters. The van der Waals surface area contributed by atoms with Crippen LogP contribution in [0.1, 0.15) is 57.8 Å². The molecule has 3 heteroatoms. The molecule has 3 rings (SSSR count). The Morgan fingerprint density at radius 3 is 3.00 bits per heavy atom. The maximum Gasteiger partial charge on any atom is 0.302 e. The summed E-state index contributed by atoms with van der Waals surface area (Å²) >= 11 is 0. The second-order valence-corrected chi connectivity index (χ2v) is 7.07. The highest BCUT2D eigenvalue weighted by Gasteiger charge is 2.53. The van der Waals surface area contributed by atoms with Crippen molar-refractivity contribution in [3.63, 3.8) is 0 Å². The van der Waals surface area contributed by atoms with Gasteiger partial charge in [0.2, 0.25) is 0 Å². The molecule has 1 saturated carbocycles. The Kier molecular flexibility index (Phi) is 3.19. The van der Waals surface area contributed by atoms with Gasteiger partial charge >= 0.3 is 5.97 Å². The van der Waals surface area contributed by atoms with Crippen molar-refractivity contribution < 1.29 is 13.9 Å². The molecule has 0 unspecified atom stereocenters. The summed E-state index contributed by atoms with van der Waals surface area (Å²) in [4.78, 5) is 11.2. The van der Waals surface area contributed by atoms with Crippen LogP contribution in [0.3, 0.4) is 0 Å². The number of hydrogen-bond acceptors (Lipinski definition) is 3. The molecule has 1 aromatic rings. The van der Waals surface area contributed by atoms with Gasteiger partial charge in [-0.2, -0.15) is 0 Å². The summed E-state index contributed by atoms with van der Waals surface area (Å²) in [6.07, 6.45) is 7.56. The average molecular weight is 276 g/mol. The molecule has 0 N–H and O–H groups in total. The van der Waals surface area contributed by atoms with Crippen LogP contribution in [0, 0.1) is 11.3 Å². The third-order valence-corrected chi connectivity index (χ3v) is 5.63. The van der Waals surface area contributed by atoms with Gasteiger partial charge in [-0.05, 0) is 43.2 Å². The molecule has 1 fully saturated rings. The molecular formula is C17H24O3. The molecule has 0 aromatic carbocycles. The van der Waals surface area contributed by atoms with E-state index in [1.54, 1.807) is 0 Å². The minimum absolute atomic E-state index is 0.0726. The van der Waals surface area contributed by atoms with E-state index in [1.165, 1.54) is 37.5 Å². The van der Waals surface area contributed by atoms with E-state index in [2.05, 4.69) is 19.9 Å². The molecule has 1 aromatic heterocycles. The van der Waals surface area contributed by atoms with E-state index in [0.717, 1.165) is 12.8 Å². The van der Waals surface area contributed by atoms with E-state index in [4.69, 9.17) is 9.15 Å². The Hall–Kier alpha value is -1.25. The standard InChI is InChI=1S/C17H24O3/c1-12(18)20-11-16(2)8-4-9-17(3)14(16)6-5-13-7-10-19-15(13)17/h7,10,14H,4-6,8-9,11H2,1-3H3/t14-,16-,17-/m1/s1. The van der Waals surface area contributed by atoms with E-state index in [-0.39, 0.29) is 16.8 Å². The van der Waals surface area contributed by atoms with Crippen molar-refractivity contribution in [2.24, 2.45) is 11.3 Å². The first-order valence-electron chi connectivity index (χ1n) is 7.66. The smallest absolute Gasteiger partial charge is 0.302 e. The van der Waals surface area contributed by atoms with Crippen molar-refractivity contribution in [2.75, 3.05) is 6.61 Å². The second kappa shape index (κ2) is 4.64. The van der Waals surface area contributed by atoms with Crippen molar-refractivity contribution in [3.8, 4) is 0 Å². The fraction of sp³-hybridized carbons (Fsp3) is 0.706. The first-order chi connectivity index (χ1) is 9.46. The molecule has 3 nitrogen and oxygen atoms in total. The largest absolute Gasteiger partial charge is 0.468 e. The number of ether oxygens (including phenoxy) is 1. The van der Waals surface area contributed by atoms with Gasteiger partial charge in [0.1, 0.15) is 5.76 Å². The highest BCUT2D eigenvalue weighted by molar-refractivity contribution is 5.65. The molecule has 0 radical (unpaired) electrons. The molecular weight excluding hydrogens is 252 g/mol. The van der Waals surface area contributed by atoms with Crippen molar-refractivity contribution in [1.82, 2.24) is 0 Å². The number of aryl methyl sites for hydroxylation is 1. The van der Waals surface area contributed by atoms with Crippen molar-refractivity contribution >= 4 is 5.97 Å². The zero-order valence-electron chi connectivity index (χ0n) is 12.7. The van der Waals surface area contributed by atoms with Crippen molar-refractivity contribution in [1.29, 1.82) is 0 Å². The van der Waals surface area contributed by atoms with Crippen LogP contribution in [0.15, 0.2) is 16.7 Å². The number of rotatable bonds is 2. The Morgan fingerprint density at radius 1 is 1.45 bits per heavy atom. The van der Waals surface area contributed by atoms with E-state index in [0.29, 0.717) is 12.5 Å². The summed E-state index contributed by atoms with van der Waals surface area (Å²) in [5.74, 6) is 1.54. The van der Waals surface area contributed by atoms with Gasteiger partial charge in [0.15, 0.2) is 0 Å². The Balaban J connectivity index is 1.92. The lowest BCUT2D eigenvalue weighted by atomic mass is 9.51. The summed E-state index contributed by atoms with van der Waals surface area (Å²) in [6, 6.07) is 2.12. The van der Waals surface area contributed by atoms with Gasteiger partial charge in [-0.1, -0.05) is 20.3 Å². The van der Waals surface area contributed by atoms with Gasteiger partial charge < -0.3 is 9.15 Å². The van der Waals surface area contributed by atoms with Crippen LogP contribution in [-0.2, 0) is 21.4 Å². The molecule has 0 aliphatic heterocycles. The lowest BCUT2D eigenvalue weighted by Crippen LogP contribution is -2.50. The quantitative estimate of drug-likeness (QED) is 0.770.